The highest BCUT2D eigenvalue weighted by Crippen LogP contribution is 2.64. The molecule has 0 aromatic heterocycles. The summed E-state index contributed by atoms with van der Waals surface area (Å²) in [6.45, 7) is 2.44. The van der Waals surface area contributed by atoms with Gasteiger partial charge in [-0.15, -0.1) is 47.0 Å². The predicted octanol–water partition coefficient (Wildman–Crippen LogP) is 9.70. The zero-order valence-electron chi connectivity index (χ0n) is 18.7. The van der Waals surface area contributed by atoms with Gasteiger partial charge in [0.15, 0.2) is 0 Å². The molecule has 0 aromatic carbocycles. The van der Waals surface area contributed by atoms with Crippen molar-refractivity contribution in [2.24, 2.45) is 5.92 Å². The smallest absolute Gasteiger partial charge is 0.0660 e. The molecule has 2 heterocycles. The fourth-order valence-electron chi connectivity index (χ4n) is 2.48. The average Bonchev–Trinajstić information content (AvgIpc) is 3.30. The summed E-state index contributed by atoms with van der Waals surface area (Å²) in [5, 5.41) is 0. The largest absolute Gasteiger partial charge is 0.165 e. The van der Waals surface area contributed by atoms with E-state index in [1.807, 2.05) is 47.0 Å². The highest BCUT2D eigenvalue weighted by atomic mass is 32.3. The van der Waals surface area contributed by atoms with Crippen LogP contribution in [0, 0.1) is 5.92 Å². The van der Waals surface area contributed by atoms with Crippen LogP contribution in [0.5, 0.6) is 0 Å². The van der Waals surface area contributed by atoms with Gasteiger partial charge < -0.3 is 0 Å². The maximum Gasteiger partial charge on any atom is 0.0660 e. The Bertz CT molecular complexity index is 617. The van der Waals surface area contributed by atoms with Gasteiger partial charge in [0.2, 0.25) is 0 Å². The van der Waals surface area contributed by atoms with Crippen LogP contribution in [-0.4, -0.2) is 71.0 Å². The van der Waals surface area contributed by atoms with E-state index in [0.717, 1.165) is 0 Å². The molecule has 2 aliphatic rings. The Kier molecular flexibility index (Phi) is 17.9. The Morgan fingerprint density at radius 1 is 0.548 bits per heavy atom. The Morgan fingerprint density at radius 3 is 1.42 bits per heavy atom. The lowest BCUT2D eigenvalue weighted by Crippen LogP contribution is -1.96. The molecule has 11 heteroatoms. The van der Waals surface area contributed by atoms with Crippen molar-refractivity contribution in [1.29, 1.82) is 0 Å². The first-order chi connectivity index (χ1) is 15.2. The van der Waals surface area contributed by atoms with E-state index < -0.39 is 0 Å². The number of thioether (sulfide) groups is 11. The molecule has 0 saturated heterocycles. The normalized spacial score (nSPS) is 19.5. The van der Waals surface area contributed by atoms with Crippen molar-refractivity contribution in [3.8, 4) is 0 Å². The van der Waals surface area contributed by atoms with Crippen LogP contribution < -0.4 is 0 Å². The van der Waals surface area contributed by atoms with E-state index in [2.05, 4.69) is 114 Å². The molecule has 0 nitrogen and oxygen atoms in total. The minimum atomic E-state index is 0.552. The lowest BCUT2D eigenvalue weighted by Gasteiger charge is -2.12. The van der Waals surface area contributed by atoms with Crippen molar-refractivity contribution >= 4 is 129 Å². The second kappa shape index (κ2) is 18.3. The fraction of sp³-hybridized carbons (Fsp3) is 0.700. The predicted molar refractivity (Wildman–Crippen MR) is 176 cm³/mol. The molecule has 0 aliphatic carbocycles. The van der Waals surface area contributed by atoms with E-state index in [-0.39, 0.29) is 0 Å². The second-order valence-electron chi connectivity index (χ2n) is 6.27. The zero-order chi connectivity index (χ0) is 22.5. The fourth-order valence-corrected chi connectivity index (χ4v) is 15.9. The minimum absolute atomic E-state index is 0.552. The summed E-state index contributed by atoms with van der Waals surface area (Å²) >= 11 is 22.4. The molecule has 0 aromatic rings. The maximum absolute atomic E-state index is 2.44. The van der Waals surface area contributed by atoms with Gasteiger partial charge in [0.25, 0.3) is 0 Å². The summed E-state index contributed by atoms with van der Waals surface area (Å²) in [5.41, 5.74) is 0. The number of allylic oxidation sites excluding steroid dienone is 2. The van der Waals surface area contributed by atoms with E-state index in [1.54, 1.807) is 26.8 Å². The van der Waals surface area contributed by atoms with Crippen molar-refractivity contribution in [3.63, 3.8) is 0 Å². The summed E-state index contributed by atoms with van der Waals surface area (Å²) < 4.78 is 6.25. The average molecular weight is 625 g/mol. The minimum Gasteiger partial charge on any atom is -0.165 e. The SMILES string of the molecule is CSCCSC1=C(SCCSC)SC(=C2SC(SCCSC)=C(SCCSC)C2C)S1. The molecule has 0 radical (unpaired) electrons. The molecule has 0 saturated carbocycles. The van der Waals surface area contributed by atoms with Gasteiger partial charge in [-0.1, -0.05) is 42.2 Å². The Hall–Kier alpha value is 3.07. The summed E-state index contributed by atoms with van der Waals surface area (Å²) in [4.78, 5) is 3.24. The van der Waals surface area contributed by atoms with Crippen molar-refractivity contribution < 1.29 is 0 Å². The van der Waals surface area contributed by atoms with Crippen LogP contribution in [0.25, 0.3) is 0 Å². The highest BCUT2D eigenvalue weighted by molar-refractivity contribution is 8.41. The van der Waals surface area contributed by atoms with E-state index in [0.29, 0.717) is 5.92 Å². The van der Waals surface area contributed by atoms with Crippen molar-refractivity contribution in [2.45, 2.75) is 6.92 Å². The monoisotopic (exact) mass is 624 g/mol. The molecule has 31 heavy (non-hydrogen) atoms. The van der Waals surface area contributed by atoms with E-state index in [9.17, 15) is 0 Å². The molecular weight excluding hydrogens is 593 g/mol. The molecule has 2 aliphatic heterocycles. The lowest BCUT2D eigenvalue weighted by molar-refractivity contribution is 0.918. The molecular formula is C20H32S11. The molecule has 0 spiro atoms. The Morgan fingerprint density at radius 2 is 0.968 bits per heavy atom. The molecule has 2 rings (SSSR count). The molecule has 0 N–H and O–H groups in total. The van der Waals surface area contributed by atoms with Gasteiger partial charge in [0.1, 0.15) is 0 Å². The van der Waals surface area contributed by atoms with Crippen LogP contribution in [0.4, 0.5) is 0 Å². The molecule has 0 fully saturated rings. The first-order valence-corrected chi connectivity index (χ1v) is 21.9. The van der Waals surface area contributed by atoms with Crippen molar-refractivity contribution in [2.75, 3.05) is 71.0 Å². The standard InChI is InChI=1S/C20H32S11/c1-14-15(25-10-6-21-2)17(26-11-7-22-3)29-16(14)18-30-19(27-12-8-23-4)20(31-18)28-13-9-24-5/h14H,6-13H2,1-5H3. The molecule has 0 amide bonds. The van der Waals surface area contributed by atoms with Crippen LogP contribution in [-0.2, 0) is 0 Å². The summed E-state index contributed by atoms with van der Waals surface area (Å²) in [6, 6.07) is 0. The van der Waals surface area contributed by atoms with Crippen molar-refractivity contribution in [3.05, 3.63) is 26.8 Å². The molecule has 178 valence electrons. The van der Waals surface area contributed by atoms with E-state index >= 15 is 0 Å². The van der Waals surface area contributed by atoms with Gasteiger partial charge in [0, 0.05) is 61.8 Å². The number of hydrogen-bond acceptors (Lipinski definition) is 11. The first-order valence-electron chi connectivity index (χ1n) is 9.89. The van der Waals surface area contributed by atoms with Gasteiger partial charge in [-0.2, -0.15) is 47.0 Å². The molecule has 1 unspecified atom stereocenters. The number of hydrogen-bond donors (Lipinski definition) is 0. The first kappa shape index (κ1) is 30.3. The highest BCUT2D eigenvalue weighted by Gasteiger charge is 2.34. The molecule has 0 bridgehead atoms. The summed E-state index contributed by atoms with van der Waals surface area (Å²) in [5.74, 6) is 10.3. The van der Waals surface area contributed by atoms with E-state index in [4.69, 9.17) is 0 Å². The van der Waals surface area contributed by atoms with Crippen LogP contribution in [0.2, 0.25) is 0 Å². The van der Waals surface area contributed by atoms with Gasteiger partial charge in [-0.3, -0.25) is 0 Å². The summed E-state index contributed by atoms with van der Waals surface area (Å²) in [7, 11) is 0. The van der Waals surface area contributed by atoms with E-state index in [1.165, 1.54) is 46.0 Å². The molecule has 1 atom stereocenters. The quantitative estimate of drug-likeness (QED) is 0.151. The van der Waals surface area contributed by atoms with Crippen molar-refractivity contribution in [1.82, 2.24) is 0 Å². The van der Waals surface area contributed by atoms with Crippen LogP contribution in [0.3, 0.4) is 0 Å². The van der Waals surface area contributed by atoms with Crippen LogP contribution >= 0.6 is 129 Å². The lowest BCUT2D eigenvalue weighted by atomic mass is 10.2. The van der Waals surface area contributed by atoms with Gasteiger partial charge in [-0.05, 0) is 25.0 Å². The van der Waals surface area contributed by atoms with Gasteiger partial charge in [-0.25, -0.2) is 0 Å². The zero-order valence-corrected chi connectivity index (χ0v) is 27.7. The van der Waals surface area contributed by atoms with Crippen LogP contribution in [0.15, 0.2) is 26.8 Å². The summed E-state index contributed by atoms with van der Waals surface area (Å²) in [6.07, 6.45) is 8.85. The third-order valence-electron chi connectivity index (χ3n) is 4.04. The van der Waals surface area contributed by atoms with Gasteiger partial charge in [0.05, 0.1) is 16.9 Å². The maximum atomic E-state index is 2.44. The second-order valence-corrected chi connectivity index (χ2v) is 18.8. The van der Waals surface area contributed by atoms with Gasteiger partial charge >= 0.3 is 0 Å². The third-order valence-corrected chi connectivity index (χ3v) is 17.6. The topological polar surface area (TPSA) is 0 Å². The Balaban J connectivity index is 2.13. The Labute approximate surface area is 237 Å². The third kappa shape index (κ3) is 10.5. The van der Waals surface area contributed by atoms with Crippen LogP contribution in [0.1, 0.15) is 6.92 Å². The number of rotatable bonds is 16.